The lowest BCUT2D eigenvalue weighted by Crippen LogP contribution is -1.96. The highest BCUT2D eigenvalue weighted by Crippen LogP contribution is 2.26. The Morgan fingerprint density at radius 2 is 2.29 bits per heavy atom. The highest BCUT2D eigenvalue weighted by Gasteiger charge is 2.01. The van der Waals surface area contributed by atoms with Crippen molar-refractivity contribution < 1.29 is 0 Å². The molecule has 0 aliphatic rings. The van der Waals surface area contributed by atoms with Gasteiger partial charge in [0.2, 0.25) is 0 Å². The second-order valence-electron chi connectivity index (χ2n) is 3.09. The molecule has 2 N–H and O–H groups in total. The van der Waals surface area contributed by atoms with Crippen LogP contribution < -0.4 is 5.73 Å². The minimum absolute atomic E-state index is 0.672. The van der Waals surface area contributed by atoms with Gasteiger partial charge in [-0.2, -0.15) is 0 Å². The standard InChI is InChI=1S/C11H13BrClN/c1-8(3-2-6-14)10-5-4-9(12)7-11(10)13/h3-5,7H,2,6,14H2,1H3/b8-3-. The molecule has 3 heteroatoms. The van der Waals surface area contributed by atoms with Crippen molar-refractivity contribution >= 4 is 33.1 Å². The van der Waals surface area contributed by atoms with E-state index in [1.54, 1.807) is 0 Å². The van der Waals surface area contributed by atoms with Gasteiger partial charge in [-0.1, -0.05) is 39.7 Å². The lowest BCUT2D eigenvalue weighted by molar-refractivity contribution is 1.01. The van der Waals surface area contributed by atoms with E-state index in [0.717, 1.165) is 21.5 Å². The quantitative estimate of drug-likeness (QED) is 0.890. The topological polar surface area (TPSA) is 26.0 Å². The fourth-order valence-corrected chi connectivity index (χ4v) is 2.04. The molecule has 0 bridgehead atoms. The molecule has 0 aliphatic heterocycles. The first-order chi connectivity index (χ1) is 6.65. The predicted octanol–water partition coefficient (Wildman–Crippen LogP) is 3.85. The highest BCUT2D eigenvalue weighted by molar-refractivity contribution is 9.10. The van der Waals surface area contributed by atoms with Crippen LogP contribution in [0.2, 0.25) is 5.02 Å². The van der Waals surface area contributed by atoms with E-state index in [2.05, 4.69) is 22.0 Å². The second-order valence-corrected chi connectivity index (χ2v) is 4.41. The molecule has 0 saturated heterocycles. The predicted molar refractivity (Wildman–Crippen MR) is 66.5 cm³/mol. The van der Waals surface area contributed by atoms with Crippen LogP contribution in [-0.2, 0) is 0 Å². The van der Waals surface area contributed by atoms with Gasteiger partial charge < -0.3 is 5.73 Å². The molecule has 0 heterocycles. The number of nitrogens with two attached hydrogens (primary N) is 1. The van der Waals surface area contributed by atoms with Crippen LogP contribution in [0, 0.1) is 0 Å². The second kappa shape index (κ2) is 5.54. The Bertz CT molecular complexity index is 347. The maximum Gasteiger partial charge on any atom is 0.0492 e. The highest BCUT2D eigenvalue weighted by atomic mass is 79.9. The monoisotopic (exact) mass is 273 g/mol. The molecule has 0 fully saturated rings. The number of allylic oxidation sites excluding steroid dienone is 1. The fourth-order valence-electron chi connectivity index (χ4n) is 1.22. The van der Waals surface area contributed by atoms with Gasteiger partial charge in [0.05, 0.1) is 0 Å². The zero-order valence-corrected chi connectivity index (χ0v) is 10.4. The Balaban J connectivity index is 2.95. The molecule has 0 spiro atoms. The van der Waals surface area contributed by atoms with Crippen molar-refractivity contribution in [1.82, 2.24) is 0 Å². The van der Waals surface area contributed by atoms with E-state index in [0.29, 0.717) is 6.54 Å². The van der Waals surface area contributed by atoms with E-state index in [4.69, 9.17) is 17.3 Å². The minimum Gasteiger partial charge on any atom is -0.330 e. The summed E-state index contributed by atoms with van der Waals surface area (Å²) in [4.78, 5) is 0. The third-order valence-electron chi connectivity index (χ3n) is 1.97. The molecule has 0 aliphatic carbocycles. The summed E-state index contributed by atoms with van der Waals surface area (Å²) in [7, 11) is 0. The number of hydrogen-bond donors (Lipinski definition) is 1. The van der Waals surface area contributed by atoms with E-state index in [-0.39, 0.29) is 0 Å². The largest absolute Gasteiger partial charge is 0.330 e. The average molecular weight is 275 g/mol. The lowest BCUT2D eigenvalue weighted by atomic mass is 10.1. The van der Waals surface area contributed by atoms with Gasteiger partial charge in [0.25, 0.3) is 0 Å². The zero-order valence-electron chi connectivity index (χ0n) is 8.06. The van der Waals surface area contributed by atoms with Crippen molar-refractivity contribution in [2.75, 3.05) is 6.54 Å². The van der Waals surface area contributed by atoms with Crippen LogP contribution in [0.25, 0.3) is 5.57 Å². The smallest absolute Gasteiger partial charge is 0.0492 e. The molecule has 14 heavy (non-hydrogen) atoms. The summed E-state index contributed by atoms with van der Waals surface area (Å²) in [6.45, 7) is 2.72. The number of halogens is 2. The molecule has 1 aromatic rings. The summed E-state index contributed by atoms with van der Waals surface area (Å²) in [5, 5.41) is 0.769. The summed E-state index contributed by atoms with van der Waals surface area (Å²) in [6.07, 6.45) is 2.99. The van der Waals surface area contributed by atoms with E-state index >= 15 is 0 Å². The van der Waals surface area contributed by atoms with E-state index < -0.39 is 0 Å². The van der Waals surface area contributed by atoms with Gasteiger partial charge >= 0.3 is 0 Å². The Hall–Kier alpha value is -0.310. The first-order valence-corrected chi connectivity index (χ1v) is 5.64. The van der Waals surface area contributed by atoms with Crippen molar-refractivity contribution in [2.24, 2.45) is 5.73 Å². The third kappa shape index (κ3) is 3.12. The van der Waals surface area contributed by atoms with Crippen LogP contribution in [0.1, 0.15) is 18.9 Å². The van der Waals surface area contributed by atoms with Crippen LogP contribution in [0.5, 0.6) is 0 Å². The maximum atomic E-state index is 6.10. The normalized spacial score (nSPS) is 11.9. The van der Waals surface area contributed by atoms with Crippen LogP contribution >= 0.6 is 27.5 Å². The number of rotatable bonds is 3. The van der Waals surface area contributed by atoms with Crippen molar-refractivity contribution in [3.05, 3.63) is 39.3 Å². The van der Waals surface area contributed by atoms with Crippen LogP contribution in [0.4, 0.5) is 0 Å². The van der Waals surface area contributed by atoms with Crippen LogP contribution in [0.3, 0.4) is 0 Å². The molecule has 0 unspecified atom stereocenters. The number of benzene rings is 1. The molecule has 1 rings (SSSR count). The van der Waals surface area contributed by atoms with Crippen molar-refractivity contribution in [3.63, 3.8) is 0 Å². The van der Waals surface area contributed by atoms with Gasteiger partial charge in [-0.3, -0.25) is 0 Å². The molecule has 1 nitrogen and oxygen atoms in total. The van der Waals surface area contributed by atoms with Gasteiger partial charge in [0, 0.05) is 9.50 Å². The fraction of sp³-hybridized carbons (Fsp3) is 0.273. The molecule has 1 aromatic carbocycles. The van der Waals surface area contributed by atoms with Crippen molar-refractivity contribution in [2.45, 2.75) is 13.3 Å². The summed E-state index contributed by atoms with van der Waals surface area (Å²) in [5.41, 5.74) is 7.68. The molecular formula is C11H13BrClN. The van der Waals surface area contributed by atoms with E-state index in [9.17, 15) is 0 Å². The molecule has 0 saturated carbocycles. The number of hydrogen-bond acceptors (Lipinski definition) is 1. The van der Waals surface area contributed by atoms with Crippen LogP contribution in [0.15, 0.2) is 28.7 Å². The van der Waals surface area contributed by atoms with Gasteiger partial charge in [0.15, 0.2) is 0 Å². The zero-order chi connectivity index (χ0) is 10.6. The molecule has 0 atom stereocenters. The Morgan fingerprint density at radius 3 is 2.86 bits per heavy atom. The summed E-state index contributed by atoms with van der Waals surface area (Å²) in [5.74, 6) is 0. The van der Waals surface area contributed by atoms with Gasteiger partial charge in [-0.15, -0.1) is 0 Å². The van der Waals surface area contributed by atoms with Gasteiger partial charge in [-0.25, -0.2) is 0 Å². The summed E-state index contributed by atoms with van der Waals surface area (Å²) in [6, 6.07) is 5.90. The molecule has 0 aromatic heterocycles. The molecular weight excluding hydrogens is 261 g/mol. The minimum atomic E-state index is 0.672. The Kier molecular flexibility index (Phi) is 4.66. The molecule has 76 valence electrons. The Labute approximate surface area is 98.1 Å². The van der Waals surface area contributed by atoms with Crippen molar-refractivity contribution in [3.8, 4) is 0 Å². The van der Waals surface area contributed by atoms with Crippen LogP contribution in [-0.4, -0.2) is 6.54 Å². The SMILES string of the molecule is C/C(=C/CCN)c1ccc(Br)cc1Cl. The first-order valence-electron chi connectivity index (χ1n) is 4.47. The third-order valence-corrected chi connectivity index (χ3v) is 2.78. The summed E-state index contributed by atoms with van der Waals surface area (Å²) < 4.78 is 0.998. The molecule has 0 amide bonds. The van der Waals surface area contributed by atoms with Gasteiger partial charge in [-0.05, 0) is 43.2 Å². The Morgan fingerprint density at radius 1 is 1.57 bits per heavy atom. The summed E-state index contributed by atoms with van der Waals surface area (Å²) >= 11 is 9.48. The van der Waals surface area contributed by atoms with E-state index in [1.807, 2.05) is 25.1 Å². The average Bonchev–Trinajstić information content (AvgIpc) is 2.14. The molecule has 0 radical (unpaired) electrons. The first kappa shape index (κ1) is 11.8. The van der Waals surface area contributed by atoms with Crippen molar-refractivity contribution in [1.29, 1.82) is 0 Å². The maximum absolute atomic E-state index is 6.10. The lowest BCUT2D eigenvalue weighted by Gasteiger charge is -2.04. The van der Waals surface area contributed by atoms with Gasteiger partial charge in [0.1, 0.15) is 0 Å². The van der Waals surface area contributed by atoms with E-state index in [1.165, 1.54) is 5.57 Å².